The van der Waals surface area contributed by atoms with Crippen LogP contribution in [0.1, 0.15) is 54.7 Å². The van der Waals surface area contributed by atoms with Crippen molar-refractivity contribution in [3.63, 3.8) is 0 Å². The fourth-order valence-electron chi connectivity index (χ4n) is 6.24. The Balaban J connectivity index is 0.00000304. The molecule has 2 atom stereocenters. The van der Waals surface area contributed by atoms with Crippen molar-refractivity contribution in [2.24, 2.45) is 11.7 Å². The molecule has 4 nitrogen and oxygen atoms in total. The second kappa shape index (κ2) is 11.3. The van der Waals surface area contributed by atoms with E-state index >= 15 is 0 Å². The SMILES string of the molecule is CCc1n([C@@H]2CC[C@H](C(C(N)=O)(c3ccccc3)c3ccccc3)C2)cc[n+]1Cc1ccccc1.[Br-]. The van der Waals surface area contributed by atoms with E-state index < -0.39 is 5.41 Å². The lowest BCUT2D eigenvalue weighted by molar-refractivity contribution is -0.695. The van der Waals surface area contributed by atoms with E-state index in [2.05, 4.69) is 83.0 Å². The molecule has 1 aromatic heterocycles. The number of nitrogens with zero attached hydrogens (tertiary/aromatic N) is 2. The number of aromatic nitrogens is 2. The summed E-state index contributed by atoms with van der Waals surface area (Å²) in [6, 6.07) is 31.2. The third-order valence-corrected chi connectivity index (χ3v) is 7.81. The largest absolute Gasteiger partial charge is 1.00 e. The van der Waals surface area contributed by atoms with Crippen LogP contribution in [-0.2, 0) is 23.2 Å². The lowest BCUT2D eigenvalue weighted by atomic mass is 9.64. The number of imidazole rings is 1. The number of rotatable bonds is 8. The van der Waals surface area contributed by atoms with Crippen molar-refractivity contribution in [2.75, 3.05) is 0 Å². The van der Waals surface area contributed by atoms with Gasteiger partial charge < -0.3 is 22.7 Å². The zero-order valence-electron chi connectivity index (χ0n) is 20.8. The van der Waals surface area contributed by atoms with Gasteiger partial charge in [-0.05, 0) is 41.9 Å². The van der Waals surface area contributed by atoms with Gasteiger partial charge in [0, 0.05) is 6.42 Å². The van der Waals surface area contributed by atoms with Gasteiger partial charge in [-0.3, -0.25) is 4.79 Å². The highest BCUT2D eigenvalue weighted by molar-refractivity contribution is 5.91. The number of benzene rings is 3. The molecular weight excluding hydrogens is 510 g/mol. The van der Waals surface area contributed by atoms with Gasteiger partial charge in [0.15, 0.2) is 0 Å². The Bertz CT molecular complexity index is 1230. The van der Waals surface area contributed by atoms with Crippen LogP contribution in [0.15, 0.2) is 103 Å². The van der Waals surface area contributed by atoms with E-state index in [4.69, 9.17) is 5.73 Å². The number of hydrogen-bond acceptors (Lipinski definition) is 1. The van der Waals surface area contributed by atoms with Gasteiger partial charge in [-0.25, -0.2) is 9.13 Å². The molecule has 1 saturated carbocycles. The summed E-state index contributed by atoms with van der Waals surface area (Å²) in [7, 11) is 0. The first kappa shape index (κ1) is 25.9. The average Bonchev–Trinajstić information content (AvgIpc) is 3.54. The van der Waals surface area contributed by atoms with E-state index in [1.54, 1.807) is 0 Å². The minimum atomic E-state index is -0.836. The van der Waals surface area contributed by atoms with Crippen LogP contribution in [0.5, 0.6) is 0 Å². The molecule has 0 unspecified atom stereocenters. The van der Waals surface area contributed by atoms with Crippen molar-refractivity contribution in [2.45, 2.75) is 50.6 Å². The van der Waals surface area contributed by atoms with E-state index in [9.17, 15) is 4.79 Å². The van der Waals surface area contributed by atoms with Gasteiger partial charge in [0.2, 0.25) is 5.91 Å². The van der Waals surface area contributed by atoms with E-state index in [0.29, 0.717) is 6.04 Å². The van der Waals surface area contributed by atoms with Crippen LogP contribution in [0.2, 0.25) is 0 Å². The molecule has 1 fully saturated rings. The third-order valence-electron chi connectivity index (χ3n) is 7.81. The van der Waals surface area contributed by atoms with Crippen LogP contribution in [0.3, 0.4) is 0 Å². The van der Waals surface area contributed by atoms with Gasteiger partial charge in [-0.1, -0.05) is 97.9 Å². The second-order valence-corrected chi connectivity index (χ2v) is 9.66. The molecule has 3 aromatic carbocycles. The first-order valence-corrected chi connectivity index (χ1v) is 12.7. The van der Waals surface area contributed by atoms with Crippen molar-refractivity contribution in [1.29, 1.82) is 0 Å². The summed E-state index contributed by atoms with van der Waals surface area (Å²) in [5.41, 5.74) is 8.75. The number of carbonyl (C=O) groups is 1. The summed E-state index contributed by atoms with van der Waals surface area (Å²) in [4.78, 5) is 13.4. The molecule has 0 bridgehead atoms. The molecule has 0 saturated heterocycles. The van der Waals surface area contributed by atoms with E-state index in [1.807, 2.05) is 36.4 Å². The number of primary amides is 1. The van der Waals surface area contributed by atoms with Gasteiger partial charge in [-0.2, -0.15) is 0 Å². The molecule has 36 heavy (non-hydrogen) atoms. The van der Waals surface area contributed by atoms with E-state index in [-0.39, 0.29) is 28.8 Å². The quantitative estimate of drug-likeness (QED) is 0.340. The zero-order chi connectivity index (χ0) is 24.3. The zero-order valence-corrected chi connectivity index (χ0v) is 22.3. The third kappa shape index (κ3) is 4.64. The molecule has 1 heterocycles. The Labute approximate surface area is 224 Å². The standard InChI is InChI=1S/C31H33N3O.BrH/c1-2-29-33(23-24-12-6-3-7-13-24)20-21-34(29)28-19-18-27(22-28)31(30(32)35,25-14-8-4-9-15-25)26-16-10-5-11-17-26;/h3-17,20-21,27-28H,2,18-19,22-23H2,1H3,(H-,32,35);1H/t27-,28+;/m0./s1. The molecule has 5 heteroatoms. The fraction of sp³-hybridized carbons (Fsp3) is 0.290. The maximum absolute atomic E-state index is 13.4. The molecule has 1 aliphatic carbocycles. The predicted octanol–water partition coefficient (Wildman–Crippen LogP) is 2.20. The van der Waals surface area contributed by atoms with E-state index in [1.165, 1.54) is 11.4 Å². The smallest absolute Gasteiger partial charge is 0.256 e. The number of hydrogen-bond donors (Lipinski definition) is 1. The minimum Gasteiger partial charge on any atom is -1.00 e. The van der Waals surface area contributed by atoms with Crippen LogP contribution in [0.25, 0.3) is 0 Å². The van der Waals surface area contributed by atoms with Crippen LogP contribution in [-0.4, -0.2) is 10.5 Å². The van der Waals surface area contributed by atoms with Crippen LogP contribution in [0.4, 0.5) is 0 Å². The van der Waals surface area contributed by atoms with Gasteiger partial charge in [0.05, 0.1) is 0 Å². The molecule has 0 radical (unpaired) electrons. The highest BCUT2D eigenvalue weighted by Crippen LogP contribution is 2.50. The van der Waals surface area contributed by atoms with E-state index in [0.717, 1.165) is 43.4 Å². The predicted molar refractivity (Wildman–Crippen MR) is 139 cm³/mol. The maximum Gasteiger partial charge on any atom is 0.256 e. The Hall–Kier alpha value is -3.18. The van der Waals surface area contributed by atoms with Gasteiger partial charge >= 0.3 is 0 Å². The number of carbonyl (C=O) groups excluding carboxylic acids is 1. The van der Waals surface area contributed by atoms with Gasteiger partial charge in [-0.15, -0.1) is 0 Å². The van der Waals surface area contributed by atoms with Crippen LogP contribution >= 0.6 is 0 Å². The Kier molecular flexibility index (Phi) is 8.10. The highest BCUT2D eigenvalue weighted by atomic mass is 79.9. The summed E-state index contributed by atoms with van der Waals surface area (Å²) < 4.78 is 4.81. The first-order valence-electron chi connectivity index (χ1n) is 12.7. The summed E-state index contributed by atoms with van der Waals surface area (Å²) in [5.74, 6) is 1.19. The highest BCUT2D eigenvalue weighted by Gasteiger charge is 2.51. The summed E-state index contributed by atoms with van der Waals surface area (Å²) in [5, 5.41) is 0. The lowest BCUT2D eigenvalue weighted by Gasteiger charge is -2.37. The number of amides is 1. The Morgan fingerprint density at radius 1 is 0.917 bits per heavy atom. The van der Waals surface area contributed by atoms with Crippen molar-refractivity contribution in [3.8, 4) is 0 Å². The van der Waals surface area contributed by atoms with Gasteiger partial charge in [0.25, 0.3) is 5.82 Å². The van der Waals surface area contributed by atoms with Gasteiger partial charge in [0.1, 0.15) is 30.4 Å². The Morgan fingerprint density at radius 2 is 1.47 bits per heavy atom. The molecular formula is C31H34BrN3O. The molecule has 1 amide bonds. The molecule has 0 aliphatic heterocycles. The van der Waals surface area contributed by atoms with Crippen LogP contribution < -0.4 is 27.3 Å². The van der Waals surface area contributed by atoms with Crippen molar-refractivity contribution >= 4 is 5.91 Å². The average molecular weight is 545 g/mol. The molecule has 4 aromatic rings. The topological polar surface area (TPSA) is 51.9 Å². The second-order valence-electron chi connectivity index (χ2n) is 9.66. The molecule has 186 valence electrons. The first-order chi connectivity index (χ1) is 17.1. The number of nitrogens with two attached hydrogens (primary N) is 1. The van der Waals surface area contributed by atoms with Crippen LogP contribution in [0, 0.1) is 5.92 Å². The van der Waals surface area contributed by atoms with Crippen molar-refractivity contribution in [1.82, 2.24) is 4.57 Å². The Morgan fingerprint density at radius 3 is 2.00 bits per heavy atom. The summed E-state index contributed by atoms with van der Waals surface area (Å²) >= 11 is 0. The summed E-state index contributed by atoms with van der Waals surface area (Å²) in [6.45, 7) is 3.09. The fourth-order valence-corrected chi connectivity index (χ4v) is 6.24. The van der Waals surface area contributed by atoms with Crippen molar-refractivity contribution in [3.05, 3.63) is 126 Å². The normalized spacial score (nSPS) is 17.5. The maximum atomic E-state index is 13.4. The monoisotopic (exact) mass is 543 g/mol. The molecule has 5 rings (SSSR count). The molecule has 2 N–H and O–H groups in total. The minimum absolute atomic E-state index is 0. The number of halogens is 1. The van der Waals surface area contributed by atoms with Crippen molar-refractivity contribution < 1.29 is 26.3 Å². The lowest BCUT2D eigenvalue weighted by Crippen LogP contribution is -3.00. The summed E-state index contributed by atoms with van der Waals surface area (Å²) in [6.07, 6.45) is 8.30. The molecule has 0 spiro atoms. The molecule has 1 aliphatic rings.